The van der Waals surface area contributed by atoms with Crippen LogP contribution in [0.4, 0.5) is 0 Å². The van der Waals surface area contributed by atoms with Crippen LogP contribution in [0.25, 0.3) is 122 Å². The highest BCUT2D eigenvalue weighted by molar-refractivity contribution is 6.18. The lowest BCUT2D eigenvalue weighted by molar-refractivity contribution is 1.07. The molecule has 4 heteroatoms. The number of hydrogen-bond acceptors (Lipinski definition) is 4. The van der Waals surface area contributed by atoms with E-state index in [-0.39, 0.29) is 0 Å². The van der Waals surface area contributed by atoms with Crippen LogP contribution in [0, 0.1) is 0 Å². The van der Waals surface area contributed by atoms with Crippen molar-refractivity contribution in [2.45, 2.75) is 0 Å². The molecule has 12 rings (SSSR count). The minimum atomic E-state index is 0.620. The van der Waals surface area contributed by atoms with Crippen LogP contribution >= 0.6 is 0 Å². The molecule has 12 aromatic rings. The van der Waals surface area contributed by atoms with E-state index in [0.717, 1.165) is 72.2 Å². The summed E-state index contributed by atoms with van der Waals surface area (Å²) in [5, 5.41) is 5.90. The van der Waals surface area contributed by atoms with Crippen molar-refractivity contribution in [3.8, 4) is 89.9 Å². The van der Waals surface area contributed by atoms with Gasteiger partial charge in [0.15, 0.2) is 17.5 Å². The fourth-order valence-electron chi connectivity index (χ4n) is 9.07. The van der Waals surface area contributed by atoms with Gasteiger partial charge < -0.3 is 0 Å². The Morgan fingerprint density at radius 1 is 0.197 bits per heavy atom. The average Bonchev–Trinajstić information content (AvgIpc) is 3.41. The normalized spacial score (nSPS) is 11.3. The summed E-state index contributed by atoms with van der Waals surface area (Å²) >= 11 is 0. The van der Waals surface area contributed by atoms with Crippen molar-refractivity contribution in [1.29, 1.82) is 0 Å². The van der Waals surface area contributed by atoms with Crippen LogP contribution in [0.5, 0.6) is 0 Å². The lowest BCUT2D eigenvalue weighted by Crippen LogP contribution is -2.00. The zero-order valence-electron chi connectivity index (χ0n) is 35.9. The summed E-state index contributed by atoms with van der Waals surface area (Å²) in [6.45, 7) is 0. The maximum absolute atomic E-state index is 5.33. The lowest BCUT2D eigenvalue weighted by atomic mass is 9.95. The molecular formula is C62H40N4. The molecule has 0 atom stereocenters. The summed E-state index contributed by atoms with van der Waals surface area (Å²) < 4.78 is 0. The van der Waals surface area contributed by atoms with Crippen molar-refractivity contribution in [3.05, 3.63) is 243 Å². The van der Waals surface area contributed by atoms with Gasteiger partial charge in [0, 0.05) is 38.4 Å². The van der Waals surface area contributed by atoms with Crippen molar-refractivity contribution in [1.82, 2.24) is 19.9 Å². The van der Waals surface area contributed by atoms with Crippen molar-refractivity contribution in [3.63, 3.8) is 0 Å². The Balaban J connectivity index is 0.859. The van der Waals surface area contributed by atoms with Crippen LogP contribution in [0.15, 0.2) is 243 Å². The number of pyridine rings is 1. The van der Waals surface area contributed by atoms with Crippen molar-refractivity contribution in [2.24, 2.45) is 0 Å². The summed E-state index contributed by atoms with van der Waals surface area (Å²) in [7, 11) is 0. The number of hydrogen-bond donors (Lipinski definition) is 0. The molecule has 0 unspecified atom stereocenters. The Bertz CT molecular complexity index is 3600. The molecule has 0 saturated heterocycles. The van der Waals surface area contributed by atoms with Gasteiger partial charge in [-0.2, -0.15) is 0 Å². The first-order chi connectivity index (χ1) is 32.7. The molecule has 66 heavy (non-hydrogen) atoms. The molecule has 0 bridgehead atoms. The highest BCUT2D eigenvalue weighted by atomic mass is 15.0. The summed E-state index contributed by atoms with van der Waals surface area (Å²) in [6.07, 6.45) is 0. The highest BCUT2D eigenvalue weighted by Crippen LogP contribution is 2.37. The van der Waals surface area contributed by atoms with Gasteiger partial charge in [-0.05, 0) is 61.3 Å². The number of aromatic nitrogens is 4. The van der Waals surface area contributed by atoms with Crippen LogP contribution in [0.1, 0.15) is 0 Å². The fourth-order valence-corrected chi connectivity index (χ4v) is 9.07. The maximum atomic E-state index is 5.33. The van der Waals surface area contributed by atoms with E-state index in [1.54, 1.807) is 0 Å². The van der Waals surface area contributed by atoms with E-state index in [9.17, 15) is 0 Å². The first kappa shape index (κ1) is 38.8. The van der Waals surface area contributed by atoms with E-state index < -0.39 is 0 Å². The molecule has 0 radical (unpaired) electrons. The molecule has 0 aliphatic rings. The van der Waals surface area contributed by atoms with Gasteiger partial charge in [-0.3, -0.25) is 0 Å². The van der Waals surface area contributed by atoms with Crippen molar-refractivity contribution in [2.75, 3.05) is 0 Å². The van der Waals surface area contributed by atoms with Crippen LogP contribution in [0.2, 0.25) is 0 Å². The first-order valence-corrected chi connectivity index (χ1v) is 22.3. The Kier molecular flexibility index (Phi) is 9.81. The quantitative estimate of drug-likeness (QED) is 0.143. The molecule has 10 aromatic carbocycles. The molecule has 0 N–H and O–H groups in total. The number of nitrogens with zero attached hydrogens (tertiary/aromatic N) is 4. The molecular weight excluding hydrogens is 801 g/mol. The largest absolute Gasteiger partial charge is 0.246 e. The van der Waals surface area contributed by atoms with Gasteiger partial charge in [-0.25, -0.2) is 19.9 Å². The summed E-state index contributed by atoms with van der Waals surface area (Å²) in [5.41, 5.74) is 15.0. The predicted octanol–water partition coefficient (Wildman–Crippen LogP) is 16.1. The molecule has 0 spiro atoms. The second kappa shape index (κ2) is 16.7. The molecule has 0 saturated carbocycles. The van der Waals surface area contributed by atoms with E-state index in [4.69, 9.17) is 19.9 Å². The predicted molar refractivity (Wildman–Crippen MR) is 274 cm³/mol. The van der Waals surface area contributed by atoms with E-state index in [2.05, 4.69) is 231 Å². The highest BCUT2D eigenvalue weighted by Gasteiger charge is 2.16. The number of benzene rings is 10. The molecule has 2 heterocycles. The number of fused-ring (bicyclic) bond motifs is 5. The third-order valence-corrected chi connectivity index (χ3v) is 12.6. The van der Waals surface area contributed by atoms with E-state index in [1.165, 1.54) is 32.7 Å². The van der Waals surface area contributed by atoms with Gasteiger partial charge in [-0.15, -0.1) is 0 Å². The van der Waals surface area contributed by atoms with Crippen LogP contribution in [-0.4, -0.2) is 19.9 Å². The SMILES string of the molecule is c1ccc(-c2ccc(-c3nc(-c4ccc(-c5ccccc5)cc4)nc(-c4cccc(-c5ccc(-c6ccc(-c7nc8c9ccccc9ccc8c8ccccc78)cc6)cc5)c4)n3)cc2)cc1. The number of rotatable bonds is 8. The Morgan fingerprint density at radius 3 is 1.12 bits per heavy atom. The zero-order valence-corrected chi connectivity index (χ0v) is 35.9. The van der Waals surface area contributed by atoms with Gasteiger partial charge in [0.2, 0.25) is 0 Å². The fraction of sp³-hybridized carbons (Fsp3) is 0. The van der Waals surface area contributed by atoms with Crippen molar-refractivity contribution >= 4 is 32.4 Å². The zero-order chi connectivity index (χ0) is 43.8. The summed E-state index contributed by atoms with van der Waals surface area (Å²) in [5.74, 6) is 1.87. The van der Waals surface area contributed by atoms with Crippen LogP contribution < -0.4 is 0 Å². The Hall–Kier alpha value is -8.86. The first-order valence-electron chi connectivity index (χ1n) is 22.3. The van der Waals surface area contributed by atoms with E-state index >= 15 is 0 Å². The molecule has 0 aliphatic carbocycles. The third-order valence-electron chi connectivity index (χ3n) is 12.6. The second-order valence-electron chi connectivity index (χ2n) is 16.6. The summed E-state index contributed by atoms with van der Waals surface area (Å²) in [4.78, 5) is 20.6. The maximum Gasteiger partial charge on any atom is 0.164 e. The molecule has 308 valence electrons. The Labute approximate surface area is 383 Å². The Morgan fingerprint density at radius 2 is 0.576 bits per heavy atom. The third kappa shape index (κ3) is 7.36. The molecule has 0 amide bonds. The van der Waals surface area contributed by atoms with Crippen LogP contribution in [-0.2, 0) is 0 Å². The minimum Gasteiger partial charge on any atom is -0.246 e. The molecule has 0 fully saturated rings. The van der Waals surface area contributed by atoms with Crippen LogP contribution in [0.3, 0.4) is 0 Å². The topological polar surface area (TPSA) is 51.6 Å². The smallest absolute Gasteiger partial charge is 0.164 e. The summed E-state index contributed by atoms with van der Waals surface area (Å²) in [6, 6.07) is 85.3. The van der Waals surface area contributed by atoms with E-state index in [1.807, 2.05) is 12.1 Å². The average molecular weight is 841 g/mol. The van der Waals surface area contributed by atoms with Gasteiger partial charge >= 0.3 is 0 Å². The minimum absolute atomic E-state index is 0.620. The second-order valence-corrected chi connectivity index (χ2v) is 16.6. The van der Waals surface area contributed by atoms with Gasteiger partial charge in [-0.1, -0.05) is 237 Å². The monoisotopic (exact) mass is 840 g/mol. The van der Waals surface area contributed by atoms with Gasteiger partial charge in [0.25, 0.3) is 0 Å². The molecule has 0 aliphatic heterocycles. The lowest BCUT2D eigenvalue weighted by Gasteiger charge is -2.13. The van der Waals surface area contributed by atoms with Gasteiger partial charge in [0.1, 0.15) is 0 Å². The van der Waals surface area contributed by atoms with Crippen molar-refractivity contribution < 1.29 is 0 Å². The van der Waals surface area contributed by atoms with Gasteiger partial charge in [0.05, 0.1) is 11.2 Å². The molecule has 2 aromatic heterocycles. The van der Waals surface area contributed by atoms with E-state index in [0.29, 0.717) is 17.5 Å². The standard InChI is InChI=1S/C62H40N4/c1-3-12-41(13-4-1)43-28-34-50(35-29-43)60-64-61(51-36-30-44(31-37-51)42-14-5-2-6-15-42)66-62(65-60)53-18-11-17-52(40-53)47-24-22-45(23-25-47)46-26-32-49(33-27-46)58-56-21-10-9-20-55(56)57-39-38-48-16-7-8-19-54(48)59(57)63-58/h1-40H. The molecule has 4 nitrogen and oxygen atoms in total.